The van der Waals surface area contributed by atoms with Crippen LogP contribution in [-0.4, -0.2) is 33.9 Å². The lowest BCUT2D eigenvalue weighted by atomic mass is 9.89. The van der Waals surface area contributed by atoms with E-state index in [0.717, 1.165) is 49.4 Å². The topological polar surface area (TPSA) is 71.8 Å². The van der Waals surface area contributed by atoms with E-state index in [-0.39, 0.29) is 6.03 Å². The summed E-state index contributed by atoms with van der Waals surface area (Å²) in [6, 6.07) is -0.0339. The molecule has 0 spiro atoms. The number of aryl methyl sites for hydroxylation is 1. The van der Waals surface area contributed by atoms with E-state index in [1.807, 2.05) is 0 Å². The smallest absolute Gasteiger partial charge is 0.314 e. The maximum atomic E-state index is 12.0. The number of carbonyl (C=O) groups excluding carboxylic acids is 1. The van der Waals surface area contributed by atoms with E-state index in [0.29, 0.717) is 12.5 Å². The Labute approximate surface area is 143 Å². The standard InChI is InChI=1S/C18H29N5O/c24-18(20-12-15-11-13-5-6-14(15)10-13)19-8-7-17-22-21-16-4-2-1-3-9-23(16)17/h13-15H,1-12H2,(H2,19,20,24)/t13-,14-,15-/m0/s1. The molecule has 2 fully saturated rings. The third-order valence-corrected chi connectivity index (χ3v) is 6.23. The molecule has 1 aromatic rings. The number of hydrogen-bond acceptors (Lipinski definition) is 3. The van der Waals surface area contributed by atoms with Crippen molar-refractivity contribution in [2.45, 2.75) is 64.3 Å². The van der Waals surface area contributed by atoms with Crippen molar-refractivity contribution in [3.63, 3.8) is 0 Å². The normalized spacial score (nSPS) is 28.4. The van der Waals surface area contributed by atoms with Crippen LogP contribution in [0.4, 0.5) is 4.79 Å². The van der Waals surface area contributed by atoms with E-state index in [2.05, 4.69) is 25.4 Å². The summed E-state index contributed by atoms with van der Waals surface area (Å²) in [4.78, 5) is 12.0. The van der Waals surface area contributed by atoms with E-state index >= 15 is 0 Å². The zero-order valence-corrected chi connectivity index (χ0v) is 14.5. The first kappa shape index (κ1) is 15.9. The van der Waals surface area contributed by atoms with Gasteiger partial charge in [0.15, 0.2) is 0 Å². The molecule has 2 amide bonds. The highest BCUT2D eigenvalue weighted by atomic mass is 16.2. The Kier molecular flexibility index (Phi) is 4.72. The van der Waals surface area contributed by atoms with Crippen molar-refractivity contribution in [1.29, 1.82) is 0 Å². The van der Waals surface area contributed by atoms with E-state index in [9.17, 15) is 4.79 Å². The Morgan fingerprint density at radius 3 is 2.92 bits per heavy atom. The number of hydrogen-bond donors (Lipinski definition) is 2. The molecular formula is C18H29N5O. The first-order valence-corrected chi connectivity index (χ1v) is 9.72. The second-order valence-corrected chi connectivity index (χ2v) is 7.82. The van der Waals surface area contributed by atoms with Gasteiger partial charge < -0.3 is 15.2 Å². The number of rotatable bonds is 5. The van der Waals surface area contributed by atoms with Gasteiger partial charge in [-0.15, -0.1) is 10.2 Å². The van der Waals surface area contributed by atoms with Gasteiger partial charge in [0.2, 0.25) is 0 Å². The molecule has 1 aromatic heterocycles. The van der Waals surface area contributed by atoms with Crippen molar-refractivity contribution in [3.8, 4) is 0 Å². The van der Waals surface area contributed by atoms with E-state index in [1.54, 1.807) is 0 Å². The summed E-state index contributed by atoms with van der Waals surface area (Å²) in [6.07, 6.45) is 11.0. The summed E-state index contributed by atoms with van der Waals surface area (Å²) in [7, 11) is 0. The highest BCUT2D eigenvalue weighted by Gasteiger charge is 2.39. The van der Waals surface area contributed by atoms with Gasteiger partial charge in [0.1, 0.15) is 11.6 Å². The maximum Gasteiger partial charge on any atom is 0.314 e. The first-order chi connectivity index (χ1) is 11.8. The fourth-order valence-electron chi connectivity index (χ4n) is 4.93. The molecule has 0 unspecified atom stereocenters. The van der Waals surface area contributed by atoms with Crippen LogP contribution in [0.5, 0.6) is 0 Å². The van der Waals surface area contributed by atoms with Gasteiger partial charge in [0, 0.05) is 32.5 Å². The Morgan fingerprint density at radius 2 is 2.08 bits per heavy atom. The van der Waals surface area contributed by atoms with Gasteiger partial charge >= 0.3 is 6.03 Å². The van der Waals surface area contributed by atoms with Gasteiger partial charge in [0.25, 0.3) is 0 Å². The van der Waals surface area contributed by atoms with Crippen LogP contribution in [-0.2, 0) is 19.4 Å². The lowest BCUT2D eigenvalue weighted by Gasteiger charge is -2.21. The molecule has 2 N–H and O–H groups in total. The van der Waals surface area contributed by atoms with Crippen LogP contribution in [0.3, 0.4) is 0 Å². The van der Waals surface area contributed by atoms with Gasteiger partial charge in [-0.3, -0.25) is 0 Å². The third kappa shape index (κ3) is 3.42. The molecule has 2 aliphatic carbocycles. The van der Waals surface area contributed by atoms with Gasteiger partial charge in [0.05, 0.1) is 0 Å². The molecule has 132 valence electrons. The van der Waals surface area contributed by atoms with Crippen LogP contribution in [0.1, 0.15) is 56.6 Å². The lowest BCUT2D eigenvalue weighted by Crippen LogP contribution is -2.40. The first-order valence-electron chi connectivity index (χ1n) is 9.72. The largest absolute Gasteiger partial charge is 0.338 e. The molecular weight excluding hydrogens is 302 g/mol. The van der Waals surface area contributed by atoms with Crippen LogP contribution in [0, 0.1) is 17.8 Å². The molecule has 3 atom stereocenters. The zero-order valence-electron chi connectivity index (χ0n) is 14.5. The monoisotopic (exact) mass is 331 g/mol. The number of nitrogens with one attached hydrogen (secondary N) is 2. The number of aromatic nitrogens is 3. The molecule has 0 radical (unpaired) electrons. The van der Waals surface area contributed by atoms with Crippen LogP contribution in [0.25, 0.3) is 0 Å². The Morgan fingerprint density at radius 1 is 1.12 bits per heavy atom. The second-order valence-electron chi connectivity index (χ2n) is 7.82. The van der Waals surface area contributed by atoms with Crippen molar-refractivity contribution in [1.82, 2.24) is 25.4 Å². The fraction of sp³-hybridized carbons (Fsp3) is 0.833. The zero-order chi connectivity index (χ0) is 16.4. The number of carbonyl (C=O) groups is 1. The van der Waals surface area contributed by atoms with Gasteiger partial charge in [-0.25, -0.2) is 4.79 Å². The predicted molar refractivity (Wildman–Crippen MR) is 91.6 cm³/mol. The van der Waals surface area contributed by atoms with Crippen molar-refractivity contribution in [3.05, 3.63) is 11.6 Å². The molecule has 24 heavy (non-hydrogen) atoms. The average Bonchev–Trinajstić information content (AvgIpc) is 3.26. The van der Waals surface area contributed by atoms with Crippen molar-refractivity contribution in [2.75, 3.05) is 13.1 Å². The number of urea groups is 1. The maximum absolute atomic E-state index is 12.0. The van der Waals surface area contributed by atoms with Crippen LogP contribution < -0.4 is 10.6 Å². The highest BCUT2D eigenvalue weighted by molar-refractivity contribution is 5.73. The molecule has 6 heteroatoms. The van der Waals surface area contributed by atoms with Crippen LogP contribution >= 0.6 is 0 Å². The predicted octanol–water partition coefficient (Wildman–Crippen LogP) is 2.28. The van der Waals surface area contributed by atoms with Crippen LogP contribution in [0.15, 0.2) is 0 Å². The summed E-state index contributed by atoms with van der Waals surface area (Å²) in [6.45, 7) is 2.49. The minimum atomic E-state index is -0.0339. The van der Waals surface area contributed by atoms with Gasteiger partial charge in [-0.1, -0.05) is 12.8 Å². The molecule has 6 nitrogen and oxygen atoms in total. The average molecular weight is 331 g/mol. The molecule has 0 aromatic carbocycles. The number of nitrogens with zero attached hydrogens (tertiary/aromatic N) is 3. The summed E-state index contributed by atoms with van der Waals surface area (Å²) in [5.74, 6) is 4.64. The summed E-state index contributed by atoms with van der Waals surface area (Å²) in [5, 5.41) is 14.7. The number of fused-ring (bicyclic) bond motifs is 3. The van der Waals surface area contributed by atoms with E-state index in [4.69, 9.17) is 0 Å². The summed E-state index contributed by atoms with van der Waals surface area (Å²) < 4.78 is 2.25. The SMILES string of the molecule is O=C(NCCc1nnc2n1CCCCC2)NC[C@@H]1C[C@H]2CC[C@H]1C2. The summed E-state index contributed by atoms with van der Waals surface area (Å²) in [5.41, 5.74) is 0. The number of amides is 2. The van der Waals surface area contributed by atoms with Crippen molar-refractivity contribution in [2.24, 2.45) is 17.8 Å². The van der Waals surface area contributed by atoms with Crippen molar-refractivity contribution >= 4 is 6.03 Å². The molecule has 2 heterocycles. The molecule has 2 bridgehead atoms. The lowest BCUT2D eigenvalue weighted by molar-refractivity contribution is 0.234. The molecule has 1 aliphatic heterocycles. The quantitative estimate of drug-likeness (QED) is 0.869. The highest BCUT2D eigenvalue weighted by Crippen LogP contribution is 2.47. The minimum Gasteiger partial charge on any atom is -0.338 e. The van der Waals surface area contributed by atoms with E-state index in [1.165, 1.54) is 44.9 Å². The van der Waals surface area contributed by atoms with Gasteiger partial charge in [-0.05, 0) is 49.9 Å². The Balaban J connectivity index is 1.19. The Hall–Kier alpha value is -1.59. The molecule has 2 saturated carbocycles. The molecule has 0 saturated heterocycles. The second kappa shape index (κ2) is 7.11. The Bertz CT molecular complexity index is 584. The third-order valence-electron chi connectivity index (χ3n) is 6.23. The van der Waals surface area contributed by atoms with Crippen molar-refractivity contribution < 1.29 is 4.79 Å². The molecule has 4 rings (SSSR count). The van der Waals surface area contributed by atoms with E-state index < -0.39 is 0 Å². The van der Waals surface area contributed by atoms with Gasteiger partial charge in [-0.2, -0.15) is 0 Å². The fourth-order valence-corrected chi connectivity index (χ4v) is 4.93. The van der Waals surface area contributed by atoms with Crippen LogP contribution in [0.2, 0.25) is 0 Å². The molecule has 3 aliphatic rings. The summed E-state index contributed by atoms with van der Waals surface area (Å²) >= 11 is 0. The minimum absolute atomic E-state index is 0.0339.